The molecular weight excluding hydrogens is 406 g/mol. The zero-order valence-corrected chi connectivity index (χ0v) is 16.4. The number of benzene rings is 2. The molecule has 0 heterocycles. The molecule has 0 bridgehead atoms. The Labute approximate surface area is 166 Å². The molecule has 0 saturated heterocycles. The molecule has 154 valence electrons. The van der Waals surface area contributed by atoms with Crippen LogP contribution in [0.1, 0.15) is 31.1 Å². The molecule has 11 heteroatoms. The first-order valence-electron chi connectivity index (χ1n) is 7.87. The summed E-state index contributed by atoms with van der Waals surface area (Å²) >= 11 is 0. The summed E-state index contributed by atoms with van der Waals surface area (Å²) in [5, 5.41) is 0. The van der Waals surface area contributed by atoms with E-state index in [0.29, 0.717) is 0 Å². The quantitative estimate of drug-likeness (QED) is 0.511. The molecule has 0 saturated carbocycles. The topological polar surface area (TPSA) is 148 Å². The van der Waals surface area contributed by atoms with Crippen LogP contribution in [0, 0.1) is 0 Å². The number of methoxy groups -OCH3 is 3. The summed E-state index contributed by atoms with van der Waals surface area (Å²) in [6.45, 7) is 0. The van der Waals surface area contributed by atoms with Gasteiger partial charge in [0.1, 0.15) is 10.6 Å². The van der Waals surface area contributed by atoms with Crippen LogP contribution in [0.5, 0.6) is 11.5 Å². The standard InChI is InChI=1S/C18H17NO9S/c1-25-12-4-5-14(16(19)20)15(9-12)28-29(23,24)13-7-10(17(21)26-2)6-11(8-13)18(22)27-3/h4-9H,1-3H3,(H2,19,20). The van der Waals surface area contributed by atoms with Crippen LogP contribution >= 0.6 is 0 Å². The fourth-order valence-electron chi connectivity index (χ4n) is 2.28. The highest BCUT2D eigenvalue weighted by atomic mass is 32.2. The minimum absolute atomic E-state index is 0.207. The van der Waals surface area contributed by atoms with Gasteiger partial charge < -0.3 is 24.1 Å². The third kappa shape index (κ3) is 4.82. The number of primary amides is 1. The normalized spacial score (nSPS) is 10.7. The number of esters is 2. The van der Waals surface area contributed by atoms with E-state index in [0.717, 1.165) is 38.5 Å². The van der Waals surface area contributed by atoms with Gasteiger partial charge in [0.25, 0.3) is 5.91 Å². The lowest BCUT2D eigenvalue weighted by molar-refractivity contribution is 0.0598. The van der Waals surface area contributed by atoms with Crippen LogP contribution in [0.4, 0.5) is 0 Å². The van der Waals surface area contributed by atoms with Gasteiger partial charge in [-0.1, -0.05) is 0 Å². The van der Waals surface area contributed by atoms with Crippen molar-refractivity contribution in [3.63, 3.8) is 0 Å². The molecule has 29 heavy (non-hydrogen) atoms. The minimum atomic E-state index is -4.60. The Hall–Kier alpha value is -3.60. The Morgan fingerprint density at radius 1 is 0.862 bits per heavy atom. The van der Waals surface area contributed by atoms with Crippen LogP contribution in [-0.4, -0.2) is 47.6 Å². The fourth-order valence-corrected chi connectivity index (χ4v) is 3.30. The predicted octanol–water partition coefficient (Wildman–Crippen LogP) is 1.14. The van der Waals surface area contributed by atoms with Crippen molar-refractivity contribution in [1.82, 2.24) is 0 Å². The first-order valence-corrected chi connectivity index (χ1v) is 9.27. The third-order valence-electron chi connectivity index (χ3n) is 3.69. The summed E-state index contributed by atoms with van der Waals surface area (Å²) in [4.78, 5) is 34.8. The van der Waals surface area contributed by atoms with Crippen LogP contribution in [0.15, 0.2) is 41.3 Å². The van der Waals surface area contributed by atoms with E-state index in [1.54, 1.807) is 0 Å². The highest BCUT2D eigenvalue weighted by Gasteiger charge is 2.25. The van der Waals surface area contributed by atoms with E-state index in [-0.39, 0.29) is 28.2 Å². The first-order chi connectivity index (χ1) is 13.6. The Morgan fingerprint density at radius 3 is 1.86 bits per heavy atom. The van der Waals surface area contributed by atoms with Gasteiger partial charge in [0.15, 0.2) is 5.75 Å². The zero-order valence-electron chi connectivity index (χ0n) is 15.6. The largest absolute Gasteiger partial charge is 0.497 e. The fraction of sp³-hybridized carbons (Fsp3) is 0.167. The molecule has 2 rings (SSSR count). The summed E-state index contributed by atoms with van der Waals surface area (Å²) in [5.74, 6) is -2.88. The summed E-state index contributed by atoms with van der Waals surface area (Å²) in [5.41, 5.74) is 4.59. The van der Waals surface area contributed by atoms with E-state index in [4.69, 9.17) is 14.7 Å². The van der Waals surface area contributed by atoms with E-state index in [1.807, 2.05) is 0 Å². The van der Waals surface area contributed by atoms with Crippen molar-refractivity contribution < 1.29 is 41.2 Å². The van der Waals surface area contributed by atoms with Crippen molar-refractivity contribution in [2.45, 2.75) is 4.90 Å². The Kier molecular flexibility index (Phi) is 6.44. The average molecular weight is 423 g/mol. The Morgan fingerprint density at radius 2 is 1.41 bits per heavy atom. The highest BCUT2D eigenvalue weighted by molar-refractivity contribution is 7.87. The smallest absolute Gasteiger partial charge is 0.339 e. The van der Waals surface area contributed by atoms with E-state index in [2.05, 4.69) is 9.47 Å². The summed E-state index contributed by atoms with van der Waals surface area (Å²) in [7, 11) is -1.09. The Bertz CT molecular complexity index is 1040. The molecule has 0 aromatic heterocycles. The van der Waals surface area contributed by atoms with Gasteiger partial charge in [-0.05, 0) is 30.3 Å². The number of amides is 1. The van der Waals surface area contributed by atoms with Crippen LogP contribution < -0.4 is 14.7 Å². The second-order valence-electron chi connectivity index (χ2n) is 5.49. The molecule has 0 aliphatic carbocycles. The van der Waals surface area contributed by atoms with Crippen LogP contribution in [0.3, 0.4) is 0 Å². The highest BCUT2D eigenvalue weighted by Crippen LogP contribution is 2.28. The van der Waals surface area contributed by atoms with Crippen molar-refractivity contribution in [2.75, 3.05) is 21.3 Å². The molecule has 0 unspecified atom stereocenters. The van der Waals surface area contributed by atoms with Gasteiger partial charge in [0.2, 0.25) is 0 Å². The monoisotopic (exact) mass is 423 g/mol. The molecule has 0 atom stereocenters. The second kappa shape index (κ2) is 8.61. The van der Waals surface area contributed by atoms with Crippen molar-refractivity contribution >= 4 is 28.0 Å². The average Bonchev–Trinajstić information content (AvgIpc) is 2.71. The number of nitrogens with two attached hydrogens (primary N) is 1. The van der Waals surface area contributed by atoms with Crippen LogP contribution in [0.2, 0.25) is 0 Å². The maximum absolute atomic E-state index is 12.8. The van der Waals surface area contributed by atoms with Gasteiger partial charge in [0, 0.05) is 6.07 Å². The molecule has 10 nitrogen and oxygen atoms in total. The maximum atomic E-state index is 12.8. The summed E-state index contributed by atoms with van der Waals surface area (Å²) in [6.07, 6.45) is 0. The molecule has 1 amide bonds. The molecule has 2 aromatic rings. The summed E-state index contributed by atoms with van der Waals surface area (Å²) in [6, 6.07) is 6.80. The molecule has 0 aliphatic rings. The van der Waals surface area contributed by atoms with Crippen molar-refractivity contribution in [1.29, 1.82) is 0 Å². The van der Waals surface area contributed by atoms with Gasteiger partial charge >= 0.3 is 22.1 Å². The molecule has 2 aromatic carbocycles. The number of hydrogen-bond acceptors (Lipinski definition) is 9. The number of carbonyl (C=O) groups excluding carboxylic acids is 3. The van der Waals surface area contributed by atoms with E-state index in [9.17, 15) is 22.8 Å². The second-order valence-corrected chi connectivity index (χ2v) is 7.04. The molecule has 0 aliphatic heterocycles. The maximum Gasteiger partial charge on any atom is 0.339 e. The lowest BCUT2D eigenvalue weighted by Gasteiger charge is -2.12. The van der Waals surface area contributed by atoms with Gasteiger partial charge in [-0.2, -0.15) is 8.42 Å². The lowest BCUT2D eigenvalue weighted by atomic mass is 10.1. The van der Waals surface area contributed by atoms with Gasteiger partial charge in [0.05, 0.1) is 38.0 Å². The molecular formula is C18H17NO9S. The van der Waals surface area contributed by atoms with Crippen molar-refractivity contribution in [3.8, 4) is 11.5 Å². The van der Waals surface area contributed by atoms with Gasteiger partial charge in [-0.3, -0.25) is 4.79 Å². The molecule has 0 fully saturated rings. The number of hydrogen-bond donors (Lipinski definition) is 1. The number of rotatable bonds is 7. The van der Waals surface area contributed by atoms with E-state index >= 15 is 0 Å². The van der Waals surface area contributed by atoms with E-state index < -0.39 is 32.9 Å². The van der Waals surface area contributed by atoms with Gasteiger partial charge in [-0.25, -0.2) is 9.59 Å². The Balaban J connectivity index is 2.60. The van der Waals surface area contributed by atoms with Crippen molar-refractivity contribution in [2.24, 2.45) is 5.73 Å². The van der Waals surface area contributed by atoms with Crippen LogP contribution in [-0.2, 0) is 19.6 Å². The first kappa shape index (κ1) is 21.7. The summed E-state index contributed by atoms with van der Waals surface area (Å²) < 4.78 is 44.7. The van der Waals surface area contributed by atoms with Gasteiger partial charge in [-0.15, -0.1) is 0 Å². The third-order valence-corrected chi connectivity index (χ3v) is 4.90. The van der Waals surface area contributed by atoms with E-state index in [1.165, 1.54) is 19.2 Å². The molecule has 2 N–H and O–H groups in total. The number of ether oxygens (including phenoxy) is 3. The lowest BCUT2D eigenvalue weighted by Crippen LogP contribution is -2.17. The molecule has 0 radical (unpaired) electrons. The molecule has 0 spiro atoms. The number of carbonyl (C=O) groups is 3. The SMILES string of the molecule is COC(=O)c1cc(C(=O)OC)cc(S(=O)(=O)Oc2cc(OC)ccc2C(N)=O)c1. The van der Waals surface area contributed by atoms with Crippen LogP contribution in [0.25, 0.3) is 0 Å². The zero-order chi connectivity index (χ0) is 21.8. The van der Waals surface area contributed by atoms with Crippen molar-refractivity contribution in [3.05, 3.63) is 53.1 Å². The minimum Gasteiger partial charge on any atom is -0.497 e. The predicted molar refractivity (Wildman–Crippen MR) is 98.4 cm³/mol.